The van der Waals surface area contributed by atoms with Gasteiger partial charge in [-0.3, -0.25) is 0 Å². The number of alkyl halides is 3. The van der Waals surface area contributed by atoms with Gasteiger partial charge in [0.25, 0.3) is 0 Å². The molecule has 1 atom stereocenters. The highest BCUT2D eigenvalue weighted by molar-refractivity contribution is 4.82. The zero-order chi connectivity index (χ0) is 12.2. The number of ether oxygens (including phenoxy) is 1. The molecule has 0 spiro atoms. The lowest BCUT2D eigenvalue weighted by Crippen LogP contribution is -2.39. The fourth-order valence-electron chi connectivity index (χ4n) is 2.26. The summed E-state index contributed by atoms with van der Waals surface area (Å²) in [6, 6.07) is -0.117. The van der Waals surface area contributed by atoms with Crippen LogP contribution in [0, 0.1) is 11.8 Å². The van der Waals surface area contributed by atoms with Gasteiger partial charge in [-0.25, -0.2) is 0 Å². The van der Waals surface area contributed by atoms with Crippen LogP contribution in [0.4, 0.5) is 13.2 Å². The van der Waals surface area contributed by atoms with Crippen molar-refractivity contribution in [3.63, 3.8) is 0 Å². The number of hydrogen-bond donors (Lipinski definition) is 1. The molecule has 2 nitrogen and oxygen atoms in total. The molecule has 0 aromatic carbocycles. The van der Waals surface area contributed by atoms with E-state index in [1.807, 2.05) is 6.92 Å². The van der Waals surface area contributed by atoms with Gasteiger partial charge >= 0.3 is 6.18 Å². The highest BCUT2D eigenvalue weighted by Crippen LogP contribution is 2.40. The van der Waals surface area contributed by atoms with E-state index in [1.54, 1.807) is 0 Å². The van der Waals surface area contributed by atoms with Gasteiger partial charge in [0, 0.05) is 12.6 Å². The molecule has 0 saturated heterocycles. The van der Waals surface area contributed by atoms with Gasteiger partial charge in [0.05, 0.1) is 12.5 Å². The molecule has 16 heavy (non-hydrogen) atoms. The van der Waals surface area contributed by atoms with Crippen LogP contribution in [-0.2, 0) is 4.74 Å². The molecule has 0 heterocycles. The molecular weight excluding hydrogens is 219 g/mol. The maximum atomic E-state index is 12.4. The molecule has 0 radical (unpaired) electrons. The minimum Gasteiger partial charge on any atom is -0.380 e. The topological polar surface area (TPSA) is 35.2 Å². The number of nitrogens with two attached hydrogens (primary N) is 1. The molecule has 1 aliphatic rings. The van der Waals surface area contributed by atoms with Gasteiger partial charge in [0.15, 0.2) is 0 Å². The molecule has 0 bridgehead atoms. The van der Waals surface area contributed by atoms with Crippen LogP contribution in [0.1, 0.15) is 32.6 Å². The highest BCUT2D eigenvalue weighted by Gasteiger charge is 2.42. The van der Waals surface area contributed by atoms with E-state index in [-0.39, 0.29) is 24.8 Å². The molecule has 0 aromatic heterocycles. The summed E-state index contributed by atoms with van der Waals surface area (Å²) in [5.74, 6) is -0.937. The highest BCUT2D eigenvalue weighted by atomic mass is 19.4. The first-order valence-corrected chi connectivity index (χ1v) is 5.85. The minimum absolute atomic E-state index is 0.117. The van der Waals surface area contributed by atoms with E-state index in [9.17, 15) is 13.2 Å². The first-order chi connectivity index (χ1) is 7.45. The summed E-state index contributed by atoms with van der Waals surface area (Å²) in [7, 11) is 0. The van der Waals surface area contributed by atoms with Crippen LogP contribution >= 0.6 is 0 Å². The van der Waals surface area contributed by atoms with E-state index in [1.165, 1.54) is 0 Å². The second-order valence-electron chi connectivity index (χ2n) is 4.48. The largest absolute Gasteiger partial charge is 0.391 e. The monoisotopic (exact) mass is 239 g/mol. The lowest BCUT2D eigenvalue weighted by atomic mass is 9.78. The molecule has 1 rings (SSSR count). The van der Waals surface area contributed by atoms with Gasteiger partial charge in [-0.2, -0.15) is 13.2 Å². The van der Waals surface area contributed by atoms with Crippen molar-refractivity contribution in [3.8, 4) is 0 Å². The molecule has 0 amide bonds. The molecule has 2 N–H and O–H groups in total. The van der Waals surface area contributed by atoms with Gasteiger partial charge in [-0.1, -0.05) is 0 Å². The quantitative estimate of drug-likeness (QED) is 0.818. The standard InChI is InChI=1S/C11H20F3NO/c1-2-16-7-10(15)8-3-5-9(6-4-8)11(12,13)14/h8-10H,2-7,15H2,1H3. The number of rotatable bonds is 4. The third-order valence-corrected chi connectivity index (χ3v) is 3.35. The Kier molecular flexibility index (Phi) is 5.05. The molecule has 1 unspecified atom stereocenters. The van der Waals surface area contributed by atoms with Crippen LogP contribution < -0.4 is 5.73 Å². The van der Waals surface area contributed by atoms with Crippen LogP contribution in [0.15, 0.2) is 0 Å². The van der Waals surface area contributed by atoms with Crippen molar-refractivity contribution in [2.45, 2.75) is 44.8 Å². The summed E-state index contributed by atoms with van der Waals surface area (Å²) >= 11 is 0. The van der Waals surface area contributed by atoms with E-state index in [0.29, 0.717) is 26.1 Å². The first kappa shape index (κ1) is 13.8. The summed E-state index contributed by atoms with van der Waals surface area (Å²) in [5.41, 5.74) is 5.88. The van der Waals surface area contributed by atoms with Crippen LogP contribution in [0.3, 0.4) is 0 Å². The summed E-state index contributed by atoms with van der Waals surface area (Å²) in [4.78, 5) is 0. The van der Waals surface area contributed by atoms with Crippen LogP contribution in [0.5, 0.6) is 0 Å². The zero-order valence-electron chi connectivity index (χ0n) is 9.59. The molecule has 1 aliphatic carbocycles. The zero-order valence-corrected chi connectivity index (χ0v) is 9.59. The third kappa shape index (κ3) is 3.94. The van der Waals surface area contributed by atoms with E-state index in [4.69, 9.17) is 10.5 Å². The normalized spacial score (nSPS) is 29.1. The second kappa shape index (κ2) is 5.87. The summed E-state index contributed by atoms with van der Waals surface area (Å²) in [5, 5.41) is 0. The predicted octanol–water partition coefficient (Wildman–Crippen LogP) is 2.72. The van der Waals surface area contributed by atoms with Crippen molar-refractivity contribution in [2.75, 3.05) is 13.2 Å². The maximum absolute atomic E-state index is 12.4. The Labute approximate surface area is 94.3 Å². The lowest BCUT2D eigenvalue weighted by Gasteiger charge is -2.32. The van der Waals surface area contributed by atoms with Gasteiger partial charge in [0.1, 0.15) is 0 Å². The van der Waals surface area contributed by atoms with Crippen LogP contribution in [0.2, 0.25) is 0 Å². The van der Waals surface area contributed by atoms with Crippen LogP contribution in [0.25, 0.3) is 0 Å². The Hall–Kier alpha value is -0.290. The number of hydrogen-bond acceptors (Lipinski definition) is 2. The average Bonchev–Trinajstić information content (AvgIpc) is 2.25. The van der Waals surface area contributed by atoms with E-state index >= 15 is 0 Å². The molecule has 1 fully saturated rings. The Balaban J connectivity index is 2.31. The second-order valence-corrected chi connectivity index (χ2v) is 4.48. The number of halogens is 3. The van der Waals surface area contributed by atoms with Crippen molar-refractivity contribution in [3.05, 3.63) is 0 Å². The first-order valence-electron chi connectivity index (χ1n) is 5.85. The predicted molar refractivity (Wildman–Crippen MR) is 56.0 cm³/mol. The fourth-order valence-corrected chi connectivity index (χ4v) is 2.26. The van der Waals surface area contributed by atoms with E-state index in [2.05, 4.69) is 0 Å². The molecule has 0 aliphatic heterocycles. The summed E-state index contributed by atoms with van der Waals surface area (Å²) in [6.45, 7) is 2.94. The Morgan fingerprint density at radius 1 is 1.25 bits per heavy atom. The van der Waals surface area contributed by atoms with E-state index < -0.39 is 12.1 Å². The van der Waals surface area contributed by atoms with Crippen molar-refractivity contribution in [1.82, 2.24) is 0 Å². The van der Waals surface area contributed by atoms with Gasteiger partial charge in [0.2, 0.25) is 0 Å². The molecular formula is C11H20F3NO. The van der Waals surface area contributed by atoms with Crippen molar-refractivity contribution in [2.24, 2.45) is 17.6 Å². The smallest absolute Gasteiger partial charge is 0.380 e. The van der Waals surface area contributed by atoms with Gasteiger partial charge in [-0.15, -0.1) is 0 Å². The summed E-state index contributed by atoms with van der Waals surface area (Å²) < 4.78 is 42.4. The van der Waals surface area contributed by atoms with Crippen LogP contribution in [-0.4, -0.2) is 25.4 Å². The lowest BCUT2D eigenvalue weighted by molar-refractivity contribution is -0.184. The molecule has 1 saturated carbocycles. The third-order valence-electron chi connectivity index (χ3n) is 3.35. The maximum Gasteiger partial charge on any atom is 0.391 e. The van der Waals surface area contributed by atoms with E-state index in [0.717, 1.165) is 0 Å². The van der Waals surface area contributed by atoms with Crippen molar-refractivity contribution >= 4 is 0 Å². The van der Waals surface area contributed by atoms with Gasteiger partial charge < -0.3 is 10.5 Å². The summed E-state index contributed by atoms with van der Waals surface area (Å²) in [6.07, 6.45) is -2.46. The minimum atomic E-state index is -4.03. The SMILES string of the molecule is CCOCC(N)C1CCC(C(F)(F)F)CC1. The molecule has 0 aromatic rings. The fraction of sp³-hybridized carbons (Fsp3) is 1.00. The average molecular weight is 239 g/mol. The van der Waals surface area contributed by atoms with Crippen molar-refractivity contribution < 1.29 is 17.9 Å². The Bertz CT molecular complexity index is 200. The molecule has 96 valence electrons. The Morgan fingerprint density at radius 2 is 1.81 bits per heavy atom. The van der Waals surface area contributed by atoms with Crippen molar-refractivity contribution in [1.29, 1.82) is 0 Å². The Morgan fingerprint density at radius 3 is 2.25 bits per heavy atom. The van der Waals surface area contributed by atoms with Gasteiger partial charge in [-0.05, 0) is 38.5 Å². The molecule has 5 heteroatoms.